The number of allylic oxidation sites excluding steroid dienone is 2. The van der Waals surface area contributed by atoms with Crippen LogP contribution in [0.25, 0.3) is 0 Å². The molecule has 0 spiro atoms. The molecule has 0 aromatic heterocycles. The lowest BCUT2D eigenvalue weighted by Gasteiger charge is -2.71. The van der Waals surface area contributed by atoms with Crippen LogP contribution in [0.2, 0.25) is 0 Å². The van der Waals surface area contributed by atoms with Gasteiger partial charge in [-0.1, -0.05) is 67.0 Å². The van der Waals surface area contributed by atoms with Crippen LogP contribution in [0.1, 0.15) is 120 Å². The van der Waals surface area contributed by atoms with Crippen LogP contribution in [-0.4, -0.2) is 11.2 Å². The second kappa shape index (κ2) is 6.43. The molecule has 0 unspecified atom stereocenters. The molecule has 5 aliphatic carbocycles. The first-order chi connectivity index (χ1) is 14.2. The van der Waals surface area contributed by atoms with Crippen molar-refractivity contribution in [3.05, 3.63) is 11.6 Å². The summed E-state index contributed by atoms with van der Waals surface area (Å²) >= 11 is 0. The van der Waals surface area contributed by atoms with Crippen molar-refractivity contribution in [1.29, 1.82) is 0 Å². The van der Waals surface area contributed by atoms with Gasteiger partial charge < -0.3 is 5.11 Å². The highest BCUT2D eigenvalue weighted by molar-refractivity contribution is 5.33. The van der Waals surface area contributed by atoms with Crippen molar-refractivity contribution in [3.63, 3.8) is 0 Å². The number of hydrogen-bond donors (Lipinski definition) is 1. The third kappa shape index (κ3) is 2.77. The summed E-state index contributed by atoms with van der Waals surface area (Å²) in [4.78, 5) is 0. The van der Waals surface area contributed by atoms with E-state index in [0.717, 1.165) is 18.3 Å². The fourth-order valence-electron chi connectivity index (χ4n) is 10.5. The zero-order valence-corrected chi connectivity index (χ0v) is 21.9. The molecular formula is C30H50O. The lowest BCUT2D eigenvalue weighted by Crippen LogP contribution is -2.64. The average molecular weight is 427 g/mol. The van der Waals surface area contributed by atoms with Gasteiger partial charge in [0.25, 0.3) is 0 Å². The van der Waals surface area contributed by atoms with E-state index in [9.17, 15) is 5.11 Å². The Labute approximate surface area is 192 Å². The van der Waals surface area contributed by atoms with E-state index in [1.165, 1.54) is 57.8 Å². The van der Waals surface area contributed by atoms with Gasteiger partial charge >= 0.3 is 0 Å². The van der Waals surface area contributed by atoms with Crippen molar-refractivity contribution < 1.29 is 5.11 Å². The maximum atomic E-state index is 10.9. The fourth-order valence-corrected chi connectivity index (χ4v) is 10.5. The Morgan fingerprint density at radius 1 is 0.774 bits per heavy atom. The molecule has 31 heavy (non-hydrogen) atoms. The third-order valence-electron chi connectivity index (χ3n) is 13.0. The summed E-state index contributed by atoms with van der Waals surface area (Å²) in [6, 6.07) is 0. The van der Waals surface area contributed by atoms with Gasteiger partial charge in [-0.05, 0) is 114 Å². The van der Waals surface area contributed by atoms with E-state index in [2.05, 4.69) is 61.5 Å². The number of hydrogen-bond acceptors (Lipinski definition) is 1. The van der Waals surface area contributed by atoms with Crippen LogP contribution in [0, 0.1) is 50.2 Å². The largest absolute Gasteiger partial charge is 0.393 e. The quantitative estimate of drug-likeness (QED) is 0.387. The van der Waals surface area contributed by atoms with Crippen LogP contribution < -0.4 is 0 Å². The van der Waals surface area contributed by atoms with Gasteiger partial charge in [-0.25, -0.2) is 0 Å². The summed E-state index contributed by atoms with van der Waals surface area (Å²) < 4.78 is 0. The summed E-state index contributed by atoms with van der Waals surface area (Å²) in [6.45, 7) is 20.4. The Balaban J connectivity index is 1.57. The van der Waals surface area contributed by atoms with Gasteiger partial charge in [0, 0.05) is 0 Å². The van der Waals surface area contributed by atoms with Crippen molar-refractivity contribution in [1.82, 2.24) is 0 Å². The topological polar surface area (TPSA) is 20.2 Å². The van der Waals surface area contributed by atoms with Gasteiger partial charge in [0.15, 0.2) is 0 Å². The second-order valence-electron chi connectivity index (χ2n) is 15.2. The first kappa shape index (κ1) is 22.5. The lowest BCUT2D eigenvalue weighted by atomic mass is 9.33. The van der Waals surface area contributed by atoms with E-state index in [1.807, 2.05) is 5.57 Å². The Morgan fingerprint density at radius 3 is 2.16 bits per heavy atom. The summed E-state index contributed by atoms with van der Waals surface area (Å²) in [5, 5.41) is 10.9. The zero-order valence-electron chi connectivity index (χ0n) is 21.9. The standard InChI is InChI=1S/C30H50O/c1-25(2)15-16-27(5)17-18-29(7)20(21(27)19-25)9-10-23-28(6)13-12-24(31)26(3,4)22(28)11-14-30(23,29)8/h9,21-24,31H,10-19H2,1-8H3/t21-,22-,23-,24-,27+,28-,29-,30-/m1/s1. The van der Waals surface area contributed by atoms with Crippen LogP contribution in [0.15, 0.2) is 11.6 Å². The Hall–Kier alpha value is -0.300. The van der Waals surface area contributed by atoms with Crippen LogP contribution in [0.5, 0.6) is 0 Å². The van der Waals surface area contributed by atoms with Gasteiger partial charge in [0.2, 0.25) is 0 Å². The summed E-state index contributed by atoms with van der Waals surface area (Å²) in [5.41, 5.74) is 4.09. The van der Waals surface area contributed by atoms with Crippen molar-refractivity contribution in [3.8, 4) is 0 Å². The molecule has 8 atom stereocenters. The zero-order chi connectivity index (χ0) is 22.7. The molecule has 0 amide bonds. The highest BCUT2D eigenvalue weighted by Gasteiger charge is 2.67. The normalized spacial score (nSPS) is 55.2. The predicted octanol–water partition coefficient (Wildman–Crippen LogP) is 8.17. The number of aliphatic hydroxyl groups is 1. The van der Waals surface area contributed by atoms with Crippen LogP contribution >= 0.6 is 0 Å². The molecule has 0 bridgehead atoms. The molecule has 5 rings (SSSR count). The van der Waals surface area contributed by atoms with Crippen molar-refractivity contribution in [2.24, 2.45) is 50.2 Å². The minimum absolute atomic E-state index is 0.0533. The van der Waals surface area contributed by atoms with Gasteiger partial charge in [0.1, 0.15) is 0 Å². The lowest BCUT2D eigenvalue weighted by molar-refractivity contribution is -0.202. The molecule has 4 fully saturated rings. The Kier molecular flexibility index (Phi) is 4.66. The Morgan fingerprint density at radius 2 is 1.45 bits per heavy atom. The highest BCUT2D eigenvalue weighted by Crippen LogP contribution is 2.75. The molecule has 0 aromatic rings. The summed E-state index contributed by atoms with van der Waals surface area (Å²) in [7, 11) is 0. The molecule has 176 valence electrons. The smallest absolute Gasteiger partial charge is 0.0594 e. The molecule has 0 heterocycles. The van der Waals surface area contributed by atoms with Crippen molar-refractivity contribution in [2.45, 2.75) is 126 Å². The highest BCUT2D eigenvalue weighted by atomic mass is 16.3. The minimum atomic E-state index is -0.125. The van der Waals surface area contributed by atoms with E-state index >= 15 is 0 Å². The van der Waals surface area contributed by atoms with Crippen LogP contribution in [-0.2, 0) is 0 Å². The van der Waals surface area contributed by atoms with E-state index in [-0.39, 0.29) is 11.5 Å². The molecule has 0 aromatic carbocycles. The monoisotopic (exact) mass is 426 g/mol. The van der Waals surface area contributed by atoms with Gasteiger partial charge in [0.05, 0.1) is 6.10 Å². The Bertz CT molecular complexity index is 790. The van der Waals surface area contributed by atoms with Gasteiger partial charge in [-0.2, -0.15) is 0 Å². The number of aliphatic hydroxyl groups excluding tert-OH is 1. The molecular weight excluding hydrogens is 376 g/mol. The van der Waals surface area contributed by atoms with Crippen LogP contribution in [0.3, 0.4) is 0 Å². The molecule has 1 heteroatoms. The van der Waals surface area contributed by atoms with E-state index in [0.29, 0.717) is 33.0 Å². The van der Waals surface area contributed by atoms with E-state index < -0.39 is 0 Å². The maximum Gasteiger partial charge on any atom is 0.0594 e. The first-order valence-electron chi connectivity index (χ1n) is 13.6. The summed E-state index contributed by atoms with van der Waals surface area (Å²) in [6.07, 6.45) is 15.9. The minimum Gasteiger partial charge on any atom is -0.393 e. The SMILES string of the molecule is CC1(C)CC[C@@]2(C)CC[C@]3(C)C(=CC[C@@H]4[C@]5(C)CC[C@@H](O)C(C)(C)[C@H]5CC[C@]43C)[C@H]2C1. The predicted molar refractivity (Wildman–Crippen MR) is 131 cm³/mol. The van der Waals surface area contributed by atoms with E-state index in [4.69, 9.17) is 0 Å². The van der Waals surface area contributed by atoms with Crippen molar-refractivity contribution >= 4 is 0 Å². The fraction of sp³-hybridized carbons (Fsp3) is 0.933. The number of rotatable bonds is 0. The third-order valence-corrected chi connectivity index (χ3v) is 13.0. The van der Waals surface area contributed by atoms with Crippen molar-refractivity contribution in [2.75, 3.05) is 0 Å². The molecule has 4 saturated carbocycles. The molecule has 5 aliphatic rings. The molecule has 0 saturated heterocycles. The first-order valence-corrected chi connectivity index (χ1v) is 13.6. The molecule has 1 N–H and O–H groups in total. The molecule has 1 nitrogen and oxygen atoms in total. The average Bonchev–Trinajstić information content (AvgIpc) is 2.67. The van der Waals surface area contributed by atoms with E-state index in [1.54, 1.807) is 0 Å². The van der Waals surface area contributed by atoms with Gasteiger partial charge in [-0.15, -0.1) is 0 Å². The second-order valence-corrected chi connectivity index (χ2v) is 15.2. The van der Waals surface area contributed by atoms with Crippen LogP contribution in [0.4, 0.5) is 0 Å². The summed E-state index contributed by atoms with van der Waals surface area (Å²) in [5.74, 6) is 2.21. The molecule has 0 radical (unpaired) electrons. The van der Waals surface area contributed by atoms with Gasteiger partial charge in [-0.3, -0.25) is 0 Å². The molecule has 0 aliphatic heterocycles. The maximum absolute atomic E-state index is 10.9. The number of fused-ring (bicyclic) bond motifs is 7.